The lowest BCUT2D eigenvalue weighted by Crippen LogP contribution is -2.35. The molecule has 1 fully saturated rings. The molecule has 2 aromatic carbocycles. The number of unbranched alkanes of at least 4 members (excludes halogenated alkanes) is 2. The van der Waals surface area contributed by atoms with E-state index in [0.29, 0.717) is 43.3 Å². The molecule has 0 aromatic heterocycles. The number of nitrogens with zero attached hydrogens (tertiary/aromatic N) is 2. The highest BCUT2D eigenvalue weighted by Gasteiger charge is 2.42. The zero-order valence-corrected chi connectivity index (χ0v) is 20.4. The van der Waals surface area contributed by atoms with E-state index in [1.54, 1.807) is 47.4 Å². The van der Waals surface area contributed by atoms with Gasteiger partial charge in [-0.2, -0.15) is 0 Å². The molecule has 170 valence electrons. The molecule has 6 nitrogen and oxygen atoms in total. The largest absolute Gasteiger partial charge is 0.325 e. The molecule has 0 atom stereocenters. The van der Waals surface area contributed by atoms with Gasteiger partial charge in [-0.25, -0.2) is 0 Å². The summed E-state index contributed by atoms with van der Waals surface area (Å²) >= 11 is 12.5. The van der Waals surface area contributed by atoms with Crippen LogP contribution in [0, 0.1) is 0 Å². The molecule has 9 heteroatoms. The van der Waals surface area contributed by atoms with Gasteiger partial charge in [-0.15, -0.1) is 0 Å². The third kappa shape index (κ3) is 4.83. The van der Waals surface area contributed by atoms with Crippen LogP contribution >= 0.6 is 35.6 Å². The maximum absolute atomic E-state index is 13.4. The van der Waals surface area contributed by atoms with Gasteiger partial charge in [0.1, 0.15) is 10.9 Å². The van der Waals surface area contributed by atoms with E-state index in [0.717, 1.165) is 31.0 Å². The highest BCUT2D eigenvalue weighted by Crippen LogP contribution is 2.44. The van der Waals surface area contributed by atoms with Crippen LogP contribution < -0.4 is 10.2 Å². The van der Waals surface area contributed by atoms with Crippen LogP contribution in [0.3, 0.4) is 0 Å². The summed E-state index contributed by atoms with van der Waals surface area (Å²) in [6.45, 7) is 2.45. The maximum atomic E-state index is 13.4. The number of carbonyl (C=O) groups is 3. The molecule has 0 unspecified atom stereocenters. The highest BCUT2D eigenvalue weighted by molar-refractivity contribution is 8.26. The normalized spacial score (nSPS) is 17.7. The summed E-state index contributed by atoms with van der Waals surface area (Å²) < 4.78 is 0.461. The lowest BCUT2D eigenvalue weighted by atomic mass is 10.1. The minimum atomic E-state index is -0.378. The molecule has 1 saturated heterocycles. The summed E-state index contributed by atoms with van der Waals surface area (Å²) in [6.07, 6.45) is 2.89. The van der Waals surface area contributed by atoms with Gasteiger partial charge in [0.15, 0.2) is 0 Å². The van der Waals surface area contributed by atoms with E-state index in [9.17, 15) is 14.4 Å². The third-order valence-corrected chi connectivity index (χ3v) is 7.11. The van der Waals surface area contributed by atoms with Crippen LogP contribution in [0.25, 0.3) is 5.57 Å². The van der Waals surface area contributed by atoms with Crippen molar-refractivity contribution in [1.82, 2.24) is 4.90 Å². The second kappa shape index (κ2) is 10.1. The van der Waals surface area contributed by atoms with Crippen molar-refractivity contribution in [2.75, 3.05) is 23.3 Å². The first-order valence-electron chi connectivity index (χ1n) is 10.6. The summed E-state index contributed by atoms with van der Waals surface area (Å²) in [5, 5.41) is 3.34. The van der Waals surface area contributed by atoms with E-state index in [2.05, 4.69) is 12.2 Å². The molecule has 1 N–H and O–H groups in total. The number of hydrogen-bond donors (Lipinski definition) is 1. The summed E-state index contributed by atoms with van der Waals surface area (Å²) in [6, 6.07) is 13.9. The lowest BCUT2D eigenvalue weighted by molar-refractivity contribution is -0.122. The molecule has 0 aliphatic carbocycles. The van der Waals surface area contributed by atoms with E-state index in [1.165, 1.54) is 4.90 Å². The number of amides is 3. The molecule has 0 radical (unpaired) electrons. The Bertz CT molecular complexity index is 1160. The Labute approximate surface area is 207 Å². The number of carbonyl (C=O) groups excluding carboxylic acids is 3. The van der Waals surface area contributed by atoms with Crippen molar-refractivity contribution in [3.63, 3.8) is 0 Å². The minimum absolute atomic E-state index is 0.182. The van der Waals surface area contributed by atoms with Crippen LogP contribution in [0.15, 0.2) is 53.4 Å². The lowest BCUT2D eigenvalue weighted by Gasteiger charge is -2.17. The van der Waals surface area contributed by atoms with Crippen LogP contribution in [0.5, 0.6) is 0 Å². The number of fused-ring (bicyclic) bond motifs is 1. The standard InChI is InChI=1S/C24H22ClN3O3S2/c1-2-3-6-13-27-23(31)21(33-24(27)32)20-17-7-4-5-8-18(17)28(22(20)30)14-19(29)26-16-11-9-15(25)10-12-16/h4-5,7-12H,2-3,6,13-14H2,1H3,(H,26,29). The Morgan fingerprint density at radius 1 is 1.03 bits per heavy atom. The SMILES string of the molecule is CCCCCN1C(=O)C(=C2C(=O)N(CC(=O)Nc3ccc(Cl)cc3)c3ccccc32)SC1=S. The van der Waals surface area contributed by atoms with Crippen LogP contribution in [0.4, 0.5) is 11.4 Å². The molecule has 0 saturated carbocycles. The Hall–Kier alpha value is -2.68. The second-order valence-electron chi connectivity index (χ2n) is 7.70. The van der Waals surface area contributed by atoms with Gasteiger partial charge >= 0.3 is 0 Å². The van der Waals surface area contributed by atoms with Gasteiger partial charge in [0.25, 0.3) is 11.8 Å². The van der Waals surface area contributed by atoms with Crippen molar-refractivity contribution in [2.24, 2.45) is 0 Å². The molecule has 3 amide bonds. The zero-order chi connectivity index (χ0) is 23.5. The fraction of sp³-hybridized carbons (Fsp3) is 0.250. The molecule has 2 aliphatic heterocycles. The molecule has 2 aromatic rings. The van der Waals surface area contributed by atoms with Gasteiger partial charge in [0.2, 0.25) is 5.91 Å². The summed E-state index contributed by atoms with van der Waals surface area (Å²) in [7, 11) is 0. The summed E-state index contributed by atoms with van der Waals surface area (Å²) in [5.41, 5.74) is 2.12. The number of thiocarbonyl (C=S) groups is 1. The van der Waals surface area contributed by atoms with E-state index in [1.807, 2.05) is 6.07 Å². The van der Waals surface area contributed by atoms with Gasteiger partial charge in [0.05, 0.1) is 16.2 Å². The number of para-hydroxylation sites is 1. The van der Waals surface area contributed by atoms with Gasteiger partial charge in [-0.3, -0.25) is 24.2 Å². The Kier molecular flexibility index (Phi) is 7.17. The predicted octanol–water partition coefficient (Wildman–Crippen LogP) is 5.09. The molecule has 33 heavy (non-hydrogen) atoms. The van der Waals surface area contributed by atoms with Crippen molar-refractivity contribution in [3.05, 3.63) is 64.0 Å². The van der Waals surface area contributed by atoms with E-state index >= 15 is 0 Å². The number of halogens is 1. The molecule has 0 spiro atoms. The molecular formula is C24H22ClN3O3S2. The van der Waals surface area contributed by atoms with E-state index < -0.39 is 0 Å². The van der Waals surface area contributed by atoms with Crippen molar-refractivity contribution in [3.8, 4) is 0 Å². The summed E-state index contributed by atoms with van der Waals surface area (Å²) in [5.74, 6) is -0.975. The van der Waals surface area contributed by atoms with Crippen LogP contribution in [-0.2, 0) is 14.4 Å². The molecule has 2 heterocycles. The number of benzene rings is 2. The predicted molar refractivity (Wildman–Crippen MR) is 137 cm³/mol. The monoisotopic (exact) mass is 499 g/mol. The van der Waals surface area contributed by atoms with Crippen molar-refractivity contribution < 1.29 is 14.4 Å². The maximum Gasteiger partial charge on any atom is 0.267 e. The molecule has 4 rings (SSSR count). The smallest absolute Gasteiger partial charge is 0.267 e. The molecular weight excluding hydrogens is 478 g/mol. The zero-order valence-electron chi connectivity index (χ0n) is 18.0. The van der Waals surface area contributed by atoms with Gasteiger partial charge in [-0.05, 0) is 36.8 Å². The Morgan fingerprint density at radius 2 is 1.76 bits per heavy atom. The highest BCUT2D eigenvalue weighted by atomic mass is 35.5. The van der Waals surface area contributed by atoms with E-state index in [-0.39, 0.29) is 24.3 Å². The fourth-order valence-corrected chi connectivity index (χ4v) is 5.30. The van der Waals surface area contributed by atoms with Crippen LogP contribution in [0.1, 0.15) is 31.7 Å². The Morgan fingerprint density at radius 3 is 2.48 bits per heavy atom. The number of anilines is 2. The molecule has 0 bridgehead atoms. The first-order valence-corrected chi connectivity index (χ1v) is 12.3. The number of nitrogens with one attached hydrogen (secondary N) is 1. The first-order chi connectivity index (χ1) is 15.9. The topological polar surface area (TPSA) is 69.7 Å². The van der Waals surface area contributed by atoms with E-state index in [4.69, 9.17) is 23.8 Å². The minimum Gasteiger partial charge on any atom is -0.325 e. The van der Waals surface area contributed by atoms with Gasteiger partial charge in [-0.1, -0.05) is 73.5 Å². The average Bonchev–Trinajstić information content (AvgIpc) is 3.23. The quantitative estimate of drug-likeness (QED) is 0.326. The first kappa shape index (κ1) is 23.5. The number of thioether (sulfide) groups is 1. The second-order valence-corrected chi connectivity index (χ2v) is 9.78. The van der Waals surface area contributed by atoms with Gasteiger partial charge < -0.3 is 5.32 Å². The fourth-order valence-electron chi connectivity index (χ4n) is 3.80. The average molecular weight is 500 g/mol. The van der Waals surface area contributed by atoms with Crippen molar-refractivity contribution in [1.29, 1.82) is 0 Å². The third-order valence-electron chi connectivity index (χ3n) is 5.41. The van der Waals surface area contributed by atoms with Crippen LogP contribution in [0.2, 0.25) is 5.02 Å². The van der Waals surface area contributed by atoms with Crippen molar-refractivity contribution in [2.45, 2.75) is 26.2 Å². The Balaban J connectivity index is 1.59. The number of hydrogen-bond acceptors (Lipinski definition) is 5. The van der Waals surface area contributed by atoms with Gasteiger partial charge in [0, 0.05) is 22.8 Å². The molecule has 2 aliphatic rings. The van der Waals surface area contributed by atoms with Crippen molar-refractivity contribution >= 4 is 74.6 Å². The summed E-state index contributed by atoms with van der Waals surface area (Å²) in [4.78, 5) is 42.6. The van der Waals surface area contributed by atoms with Crippen LogP contribution in [-0.4, -0.2) is 40.0 Å². The number of rotatable bonds is 7.